The third-order valence-corrected chi connectivity index (χ3v) is 5.28. The van der Waals surface area contributed by atoms with Crippen LogP contribution in [0.2, 0.25) is 0 Å². The number of nitrogen functional groups attached to an aromatic ring is 1. The lowest BCUT2D eigenvalue weighted by atomic mass is 10.2. The number of anilines is 2. The number of nitrogens with zero attached hydrogens (tertiary/aromatic N) is 1. The number of nitrogens with two attached hydrogens (primary N) is 1. The predicted molar refractivity (Wildman–Crippen MR) is 78.9 cm³/mol. The van der Waals surface area contributed by atoms with Crippen molar-refractivity contribution in [3.05, 3.63) is 18.2 Å². The van der Waals surface area contributed by atoms with Crippen LogP contribution in [0.4, 0.5) is 11.4 Å². The Morgan fingerprint density at radius 3 is 2.60 bits per heavy atom. The summed E-state index contributed by atoms with van der Waals surface area (Å²) in [6.45, 7) is 0.425. The van der Waals surface area contributed by atoms with Crippen molar-refractivity contribution in [1.82, 2.24) is 4.31 Å². The molecule has 0 amide bonds. The van der Waals surface area contributed by atoms with E-state index < -0.39 is 10.0 Å². The van der Waals surface area contributed by atoms with Gasteiger partial charge in [-0.25, -0.2) is 12.7 Å². The number of aliphatic hydroxyl groups is 1. The predicted octanol–water partition coefficient (Wildman–Crippen LogP) is 0.702. The van der Waals surface area contributed by atoms with Gasteiger partial charge in [0.25, 0.3) is 0 Å². The molecule has 1 aliphatic carbocycles. The molecule has 1 aromatic carbocycles. The van der Waals surface area contributed by atoms with E-state index in [0.717, 1.165) is 17.1 Å². The molecular weight excluding hydrogens is 278 g/mol. The van der Waals surface area contributed by atoms with Crippen molar-refractivity contribution < 1.29 is 13.5 Å². The molecule has 6 nitrogen and oxygen atoms in total. The molecular formula is C13H21N3O3S. The average molecular weight is 299 g/mol. The number of hydrogen-bond acceptors (Lipinski definition) is 5. The van der Waals surface area contributed by atoms with E-state index in [1.165, 1.54) is 26.2 Å². The van der Waals surface area contributed by atoms with Crippen LogP contribution in [0, 0.1) is 5.92 Å². The Hall–Kier alpha value is -1.31. The number of sulfonamides is 1. The Morgan fingerprint density at radius 2 is 2.10 bits per heavy atom. The molecule has 1 saturated carbocycles. The quantitative estimate of drug-likeness (QED) is 0.672. The summed E-state index contributed by atoms with van der Waals surface area (Å²) in [6.07, 6.45) is 1.76. The van der Waals surface area contributed by atoms with E-state index in [9.17, 15) is 13.5 Å². The lowest BCUT2D eigenvalue weighted by Crippen LogP contribution is -2.23. The molecule has 1 aliphatic rings. The first kappa shape index (κ1) is 15.1. The SMILES string of the molecule is CN(C)S(=O)(=O)c1ccc(NCC(O)C2CC2)c(N)c1. The van der Waals surface area contributed by atoms with Gasteiger partial charge in [-0.2, -0.15) is 0 Å². The highest BCUT2D eigenvalue weighted by Gasteiger charge is 2.29. The van der Waals surface area contributed by atoms with Crippen molar-refractivity contribution in [2.24, 2.45) is 5.92 Å². The van der Waals surface area contributed by atoms with Gasteiger partial charge in [0.05, 0.1) is 22.4 Å². The van der Waals surface area contributed by atoms with Gasteiger partial charge in [-0.05, 0) is 37.0 Å². The highest BCUT2D eigenvalue weighted by atomic mass is 32.2. The molecule has 7 heteroatoms. The molecule has 0 spiro atoms. The zero-order valence-corrected chi connectivity index (χ0v) is 12.5. The minimum atomic E-state index is -3.47. The summed E-state index contributed by atoms with van der Waals surface area (Å²) in [5.41, 5.74) is 6.87. The van der Waals surface area contributed by atoms with Crippen molar-refractivity contribution in [3.8, 4) is 0 Å². The second kappa shape index (κ2) is 5.59. The molecule has 1 fully saturated rings. The third-order valence-electron chi connectivity index (χ3n) is 3.47. The van der Waals surface area contributed by atoms with E-state index >= 15 is 0 Å². The Labute approximate surface area is 119 Å². The lowest BCUT2D eigenvalue weighted by Gasteiger charge is -2.16. The first-order valence-corrected chi connectivity index (χ1v) is 8.00. The summed E-state index contributed by atoms with van der Waals surface area (Å²) in [4.78, 5) is 0.160. The lowest BCUT2D eigenvalue weighted by molar-refractivity contribution is 0.164. The van der Waals surface area contributed by atoms with Crippen LogP contribution >= 0.6 is 0 Å². The highest BCUT2D eigenvalue weighted by Crippen LogP contribution is 2.33. The van der Waals surface area contributed by atoms with Crippen molar-refractivity contribution in [1.29, 1.82) is 0 Å². The normalized spacial score (nSPS) is 17.2. The highest BCUT2D eigenvalue weighted by molar-refractivity contribution is 7.89. The largest absolute Gasteiger partial charge is 0.397 e. The monoisotopic (exact) mass is 299 g/mol. The summed E-state index contributed by atoms with van der Waals surface area (Å²) in [7, 11) is -0.523. The van der Waals surface area contributed by atoms with Gasteiger partial charge >= 0.3 is 0 Å². The van der Waals surface area contributed by atoms with Crippen LogP contribution in [0.25, 0.3) is 0 Å². The second-order valence-electron chi connectivity index (χ2n) is 5.32. The number of rotatable bonds is 6. The van der Waals surface area contributed by atoms with Crippen molar-refractivity contribution in [2.45, 2.75) is 23.8 Å². The van der Waals surface area contributed by atoms with Crippen molar-refractivity contribution in [2.75, 3.05) is 31.7 Å². The fourth-order valence-corrected chi connectivity index (χ4v) is 2.87. The summed E-state index contributed by atoms with van der Waals surface area (Å²) >= 11 is 0. The molecule has 2 rings (SSSR count). The topological polar surface area (TPSA) is 95.7 Å². The van der Waals surface area contributed by atoms with E-state index in [1.807, 2.05) is 0 Å². The maximum Gasteiger partial charge on any atom is 0.242 e. The van der Waals surface area contributed by atoms with Gasteiger partial charge in [0.15, 0.2) is 0 Å². The molecule has 0 heterocycles. The Bertz CT molecular complexity index is 583. The molecule has 0 bridgehead atoms. The minimum absolute atomic E-state index is 0.160. The van der Waals surface area contributed by atoms with Crippen LogP contribution in [0.3, 0.4) is 0 Å². The molecule has 20 heavy (non-hydrogen) atoms. The zero-order chi connectivity index (χ0) is 14.9. The van der Waals surface area contributed by atoms with Crippen LogP contribution in [-0.2, 0) is 10.0 Å². The molecule has 1 aromatic rings. The smallest absolute Gasteiger partial charge is 0.242 e. The molecule has 0 aliphatic heterocycles. The van der Waals surface area contributed by atoms with Crippen molar-refractivity contribution >= 4 is 21.4 Å². The molecule has 0 radical (unpaired) electrons. The van der Waals surface area contributed by atoms with Gasteiger partial charge in [0.1, 0.15) is 0 Å². The molecule has 1 atom stereocenters. The van der Waals surface area contributed by atoms with Crippen LogP contribution in [-0.4, -0.2) is 44.6 Å². The van der Waals surface area contributed by atoms with Crippen LogP contribution < -0.4 is 11.1 Å². The third kappa shape index (κ3) is 3.23. The van der Waals surface area contributed by atoms with E-state index in [1.54, 1.807) is 6.07 Å². The number of nitrogens with one attached hydrogen (secondary N) is 1. The Balaban J connectivity index is 2.09. The summed E-state index contributed by atoms with van der Waals surface area (Å²) in [5, 5.41) is 12.9. The van der Waals surface area contributed by atoms with E-state index in [-0.39, 0.29) is 11.0 Å². The molecule has 112 valence electrons. The summed E-state index contributed by atoms with van der Waals surface area (Å²) in [6, 6.07) is 4.57. The first-order valence-electron chi connectivity index (χ1n) is 6.56. The maximum atomic E-state index is 12.0. The standard InChI is InChI=1S/C13H21N3O3S/c1-16(2)20(18,19)10-5-6-12(11(14)7-10)15-8-13(17)9-3-4-9/h5-7,9,13,15,17H,3-4,8,14H2,1-2H3. The molecule has 1 unspecified atom stereocenters. The zero-order valence-electron chi connectivity index (χ0n) is 11.7. The molecule has 4 N–H and O–H groups in total. The Kier molecular flexibility index (Phi) is 4.22. The average Bonchev–Trinajstić information content (AvgIpc) is 3.20. The van der Waals surface area contributed by atoms with E-state index in [2.05, 4.69) is 5.32 Å². The Morgan fingerprint density at radius 1 is 1.45 bits per heavy atom. The molecule has 0 aromatic heterocycles. The number of benzene rings is 1. The van der Waals surface area contributed by atoms with Gasteiger partial charge in [-0.3, -0.25) is 0 Å². The van der Waals surface area contributed by atoms with Crippen LogP contribution in [0.5, 0.6) is 0 Å². The maximum absolute atomic E-state index is 12.0. The number of aliphatic hydroxyl groups excluding tert-OH is 1. The summed E-state index contributed by atoms with van der Waals surface area (Å²) < 4.78 is 25.1. The van der Waals surface area contributed by atoms with Gasteiger partial charge < -0.3 is 16.2 Å². The fourth-order valence-electron chi connectivity index (χ4n) is 1.94. The van der Waals surface area contributed by atoms with Gasteiger partial charge in [-0.1, -0.05) is 0 Å². The van der Waals surface area contributed by atoms with E-state index in [4.69, 9.17) is 5.73 Å². The van der Waals surface area contributed by atoms with E-state index in [0.29, 0.717) is 23.8 Å². The minimum Gasteiger partial charge on any atom is -0.397 e. The van der Waals surface area contributed by atoms with Gasteiger partial charge in [-0.15, -0.1) is 0 Å². The van der Waals surface area contributed by atoms with Crippen molar-refractivity contribution in [3.63, 3.8) is 0 Å². The first-order chi connectivity index (χ1) is 9.32. The molecule has 0 saturated heterocycles. The number of hydrogen-bond donors (Lipinski definition) is 3. The van der Waals surface area contributed by atoms with Crippen LogP contribution in [0.1, 0.15) is 12.8 Å². The van der Waals surface area contributed by atoms with Gasteiger partial charge in [0, 0.05) is 20.6 Å². The summed E-state index contributed by atoms with van der Waals surface area (Å²) in [5.74, 6) is 0.386. The fraction of sp³-hybridized carbons (Fsp3) is 0.538. The van der Waals surface area contributed by atoms with Crippen LogP contribution in [0.15, 0.2) is 23.1 Å². The van der Waals surface area contributed by atoms with Gasteiger partial charge in [0.2, 0.25) is 10.0 Å². The second-order valence-corrected chi connectivity index (χ2v) is 7.47.